The smallest absolute Gasteiger partial charge is 0.336 e. The highest BCUT2D eigenvalue weighted by molar-refractivity contribution is 5.75. The van der Waals surface area contributed by atoms with Crippen molar-refractivity contribution in [1.82, 2.24) is 20.1 Å². The zero-order valence-electron chi connectivity index (χ0n) is 7.03. The van der Waals surface area contributed by atoms with Crippen LogP contribution in [-0.2, 0) is 0 Å². The summed E-state index contributed by atoms with van der Waals surface area (Å²) in [5, 5.41) is 6.40. The number of nitrogens with zero attached hydrogens (tertiary/aromatic N) is 3. The van der Waals surface area contributed by atoms with Crippen LogP contribution < -0.4 is 5.32 Å². The Hall–Kier alpha value is -1.39. The van der Waals surface area contributed by atoms with E-state index in [0.29, 0.717) is 6.54 Å². The molecule has 1 amide bonds. The molecule has 5 heteroatoms. The maximum atomic E-state index is 11.1. The van der Waals surface area contributed by atoms with E-state index in [4.69, 9.17) is 0 Å². The summed E-state index contributed by atoms with van der Waals surface area (Å²) < 4.78 is 1.18. The Bertz CT molecular complexity index is 232. The molecule has 0 aliphatic carbocycles. The van der Waals surface area contributed by atoms with Gasteiger partial charge in [-0.15, -0.1) is 0 Å². The Morgan fingerprint density at radius 3 is 3.08 bits per heavy atom. The zero-order valence-corrected chi connectivity index (χ0v) is 7.03. The number of nitrogens with one attached hydrogen (secondary N) is 1. The molecule has 1 aromatic rings. The van der Waals surface area contributed by atoms with Crippen molar-refractivity contribution in [1.29, 1.82) is 0 Å². The van der Waals surface area contributed by atoms with E-state index in [2.05, 4.69) is 22.3 Å². The second-order valence-corrected chi connectivity index (χ2v) is 2.43. The van der Waals surface area contributed by atoms with E-state index in [1.54, 1.807) is 0 Å². The van der Waals surface area contributed by atoms with E-state index in [9.17, 15) is 4.79 Å². The lowest BCUT2D eigenvalue weighted by molar-refractivity contribution is 0.239. The third-order valence-corrected chi connectivity index (χ3v) is 1.43. The fraction of sp³-hybridized carbons (Fsp3) is 0.571. The van der Waals surface area contributed by atoms with Crippen molar-refractivity contribution in [2.24, 2.45) is 0 Å². The fourth-order valence-electron chi connectivity index (χ4n) is 0.766. The molecule has 12 heavy (non-hydrogen) atoms. The van der Waals surface area contributed by atoms with Crippen LogP contribution >= 0.6 is 0 Å². The first kappa shape index (κ1) is 8.70. The molecule has 0 atom stereocenters. The first-order valence-electron chi connectivity index (χ1n) is 3.97. The summed E-state index contributed by atoms with van der Waals surface area (Å²) in [4.78, 5) is 14.8. The Kier molecular flexibility index (Phi) is 3.25. The third-order valence-electron chi connectivity index (χ3n) is 1.43. The van der Waals surface area contributed by atoms with Crippen LogP contribution in [0.3, 0.4) is 0 Å². The maximum absolute atomic E-state index is 11.1. The Balaban J connectivity index is 2.30. The highest BCUT2D eigenvalue weighted by Crippen LogP contribution is 1.84. The number of amides is 1. The lowest BCUT2D eigenvalue weighted by Gasteiger charge is -2.01. The molecule has 1 heterocycles. The van der Waals surface area contributed by atoms with Gasteiger partial charge in [0.05, 0.1) is 0 Å². The predicted molar refractivity (Wildman–Crippen MR) is 43.7 cm³/mol. The SMILES string of the molecule is CCCCNC(=O)n1cncn1. The van der Waals surface area contributed by atoms with Gasteiger partial charge in [0.25, 0.3) is 0 Å². The highest BCUT2D eigenvalue weighted by atomic mass is 16.2. The van der Waals surface area contributed by atoms with Gasteiger partial charge in [0.2, 0.25) is 0 Å². The van der Waals surface area contributed by atoms with Gasteiger partial charge < -0.3 is 5.32 Å². The van der Waals surface area contributed by atoms with Crippen molar-refractivity contribution in [2.45, 2.75) is 19.8 Å². The van der Waals surface area contributed by atoms with Gasteiger partial charge in [-0.2, -0.15) is 9.78 Å². The van der Waals surface area contributed by atoms with Crippen molar-refractivity contribution in [2.75, 3.05) is 6.54 Å². The van der Waals surface area contributed by atoms with Gasteiger partial charge >= 0.3 is 6.03 Å². The van der Waals surface area contributed by atoms with Crippen LogP contribution in [0.1, 0.15) is 19.8 Å². The van der Waals surface area contributed by atoms with Gasteiger partial charge in [-0.05, 0) is 6.42 Å². The van der Waals surface area contributed by atoms with Crippen LogP contribution in [0.2, 0.25) is 0 Å². The molecule has 0 saturated heterocycles. The van der Waals surface area contributed by atoms with Crippen LogP contribution in [0.15, 0.2) is 12.7 Å². The zero-order chi connectivity index (χ0) is 8.81. The van der Waals surface area contributed by atoms with Gasteiger partial charge in [-0.3, -0.25) is 0 Å². The summed E-state index contributed by atoms with van der Waals surface area (Å²) in [6.07, 6.45) is 4.76. The summed E-state index contributed by atoms with van der Waals surface area (Å²) in [7, 11) is 0. The van der Waals surface area contributed by atoms with Gasteiger partial charge in [-0.1, -0.05) is 13.3 Å². The second-order valence-electron chi connectivity index (χ2n) is 2.43. The molecule has 0 saturated carbocycles. The summed E-state index contributed by atoms with van der Waals surface area (Å²) in [5.41, 5.74) is 0. The van der Waals surface area contributed by atoms with E-state index in [1.807, 2.05) is 0 Å². The van der Waals surface area contributed by atoms with E-state index in [0.717, 1.165) is 12.8 Å². The average molecular weight is 168 g/mol. The molecule has 0 aromatic carbocycles. The van der Waals surface area contributed by atoms with E-state index in [-0.39, 0.29) is 6.03 Å². The molecular weight excluding hydrogens is 156 g/mol. The van der Waals surface area contributed by atoms with Gasteiger partial charge in [-0.25, -0.2) is 9.78 Å². The number of rotatable bonds is 3. The molecule has 0 unspecified atom stereocenters. The molecule has 1 rings (SSSR count). The molecule has 0 fully saturated rings. The lowest BCUT2D eigenvalue weighted by atomic mass is 10.3. The number of carbonyl (C=O) groups excluding carboxylic acids is 1. The molecule has 1 aromatic heterocycles. The Morgan fingerprint density at radius 2 is 2.50 bits per heavy atom. The third kappa shape index (κ3) is 2.34. The normalized spacial score (nSPS) is 9.75. The molecular formula is C7H12N4O. The number of hydrogen-bond acceptors (Lipinski definition) is 3. The van der Waals surface area contributed by atoms with Crippen LogP contribution in [0.4, 0.5) is 4.79 Å². The molecule has 0 radical (unpaired) electrons. The van der Waals surface area contributed by atoms with Crippen molar-refractivity contribution in [3.63, 3.8) is 0 Å². The van der Waals surface area contributed by atoms with E-state index in [1.165, 1.54) is 17.3 Å². The average Bonchev–Trinajstić information content (AvgIpc) is 2.56. The minimum atomic E-state index is -0.221. The summed E-state index contributed by atoms with van der Waals surface area (Å²) in [6, 6.07) is -0.221. The quantitative estimate of drug-likeness (QED) is 0.673. The van der Waals surface area contributed by atoms with Crippen molar-refractivity contribution >= 4 is 6.03 Å². The number of aromatic nitrogens is 3. The standard InChI is InChI=1S/C7H12N4O/c1-2-3-4-9-7(12)11-6-8-5-10-11/h5-6H,2-4H2,1H3,(H,9,12). The summed E-state index contributed by atoms with van der Waals surface area (Å²) >= 11 is 0. The van der Waals surface area contributed by atoms with Crippen molar-refractivity contribution < 1.29 is 4.79 Å². The minimum Gasteiger partial charge on any atom is -0.336 e. The molecule has 66 valence electrons. The first-order chi connectivity index (χ1) is 5.84. The van der Waals surface area contributed by atoms with Crippen LogP contribution in [0.25, 0.3) is 0 Å². The molecule has 0 aliphatic rings. The summed E-state index contributed by atoms with van der Waals surface area (Å²) in [6.45, 7) is 2.76. The number of hydrogen-bond donors (Lipinski definition) is 1. The number of unbranched alkanes of at least 4 members (excludes halogenated alkanes) is 1. The molecule has 0 spiro atoms. The van der Waals surface area contributed by atoms with Gasteiger partial charge in [0, 0.05) is 6.54 Å². The van der Waals surface area contributed by atoms with E-state index >= 15 is 0 Å². The predicted octanol–water partition coefficient (Wildman–Crippen LogP) is 0.636. The summed E-state index contributed by atoms with van der Waals surface area (Å²) in [5.74, 6) is 0. The fourth-order valence-corrected chi connectivity index (χ4v) is 0.766. The maximum Gasteiger partial charge on any atom is 0.343 e. The monoisotopic (exact) mass is 168 g/mol. The lowest BCUT2D eigenvalue weighted by Crippen LogP contribution is -2.29. The molecule has 0 aliphatic heterocycles. The Labute approximate surface area is 70.8 Å². The highest BCUT2D eigenvalue weighted by Gasteiger charge is 2.01. The molecule has 0 bridgehead atoms. The molecule has 1 N–H and O–H groups in total. The van der Waals surface area contributed by atoms with E-state index < -0.39 is 0 Å². The minimum absolute atomic E-state index is 0.221. The largest absolute Gasteiger partial charge is 0.343 e. The van der Waals surface area contributed by atoms with Gasteiger partial charge in [0.1, 0.15) is 12.7 Å². The van der Waals surface area contributed by atoms with Crippen LogP contribution in [-0.4, -0.2) is 27.3 Å². The Morgan fingerprint density at radius 1 is 1.67 bits per heavy atom. The van der Waals surface area contributed by atoms with Crippen molar-refractivity contribution in [3.8, 4) is 0 Å². The van der Waals surface area contributed by atoms with Crippen molar-refractivity contribution in [3.05, 3.63) is 12.7 Å². The van der Waals surface area contributed by atoms with Gasteiger partial charge in [0.15, 0.2) is 0 Å². The number of carbonyl (C=O) groups is 1. The topological polar surface area (TPSA) is 59.8 Å². The first-order valence-corrected chi connectivity index (χ1v) is 3.97. The molecule has 5 nitrogen and oxygen atoms in total. The second kappa shape index (κ2) is 4.48. The van der Waals surface area contributed by atoms with Crippen LogP contribution in [0.5, 0.6) is 0 Å². The van der Waals surface area contributed by atoms with Crippen LogP contribution in [0, 0.1) is 0 Å².